The van der Waals surface area contributed by atoms with Crippen molar-refractivity contribution in [3.05, 3.63) is 46.4 Å². The molecule has 0 unspecified atom stereocenters. The SMILES string of the molecule is COc1ccc2nc(-c3ccc(Cl)c(Cl)c3)n(C(C(N)=O)(C3CCCC3)C3CCCC3)c2c1. The summed E-state index contributed by atoms with van der Waals surface area (Å²) in [5.41, 5.74) is 8.06. The zero-order chi connectivity index (χ0) is 23.2. The number of carbonyl (C=O) groups excluding carboxylic acids is 1. The number of nitrogens with zero attached hydrogens (tertiary/aromatic N) is 2. The Bertz CT molecular complexity index is 1180. The normalized spacial score (nSPS) is 17.8. The Morgan fingerprint density at radius 2 is 1.64 bits per heavy atom. The van der Waals surface area contributed by atoms with Crippen LogP contribution in [0.4, 0.5) is 0 Å². The van der Waals surface area contributed by atoms with Crippen molar-refractivity contribution in [2.24, 2.45) is 17.6 Å². The first-order valence-corrected chi connectivity index (χ1v) is 12.5. The second-order valence-electron chi connectivity index (χ2n) is 9.41. The lowest BCUT2D eigenvalue weighted by molar-refractivity contribution is -0.133. The Morgan fingerprint density at radius 3 is 2.18 bits per heavy atom. The molecular formula is C26H29Cl2N3O2. The van der Waals surface area contributed by atoms with Gasteiger partial charge in [-0.1, -0.05) is 48.9 Å². The fraction of sp³-hybridized carbons (Fsp3) is 0.462. The van der Waals surface area contributed by atoms with Gasteiger partial charge in [0.1, 0.15) is 17.1 Å². The van der Waals surface area contributed by atoms with Crippen LogP contribution in [0.25, 0.3) is 22.4 Å². The number of fused-ring (bicyclic) bond motifs is 1. The fourth-order valence-electron chi connectivity index (χ4n) is 6.33. The molecule has 2 N–H and O–H groups in total. The number of amides is 1. The molecule has 5 rings (SSSR count). The predicted molar refractivity (Wildman–Crippen MR) is 133 cm³/mol. The number of hydrogen-bond donors (Lipinski definition) is 1. The van der Waals surface area contributed by atoms with Crippen LogP contribution in [-0.2, 0) is 10.3 Å². The first-order valence-electron chi connectivity index (χ1n) is 11.8. The Hall–Kier alpha value is -2.24. The maximum Gasteiger partial charge on any atom is 0.244 e. The standard InChI is InChI=1S/C26H29Cl2N3O2/c1-33-19-11-13-22-23(15-19)31(24(30-22)16-10-12-20(27)21(28)14-16)26(25(29)32,17-6-2-3-7-17)18-8-4-5-9-18/h10-15,17-18H,2-9H2,1H3,(H2,29,32). The van der Waals surface area contributed by atoms with Crippen LogP contribution >= 0.6 is 23.2 Å². The molecule has 7 heteroatoms. The number of nitrogens with two attached hydrogens (primary N) is 1. The molecule has 0 saturated heterocycles. The summed E-state index contributed by atoms with van der Waals surface area (Å²) >= 11 is 12.6. The summed E-state index contributed by atoms with van der Waals surface area (Å²) < 4.78 is 7.71. The van der Waals surface area contributed by atoms with E-state index in [1.165, 1.54) is 0 Å². The third-order valence-electron chi connectivity index (χ3n) is 7.76. The molecule has 1 aromatic heterocycles. The summed E-state index contributed by atoms with van der Waals surface area (Å²) in [6.07, 6.45) is 8.42. The van der Waals surface area contributed by atoms with E-state index < -0.39 is 5.54 Å². The van der Waals surface area contributed by atoms with E-state index >= 15 is 0 Å². The topological polar surface area (TPSA) is 70.1 Å². The van der Waals surface area contributed by atoms with Crippen LogP contribution in [-0.4, -0.2) is 22.6 Å². The number of methoxy groups -OCH3 is 1. The third kappa shape index (κ3) is 3.60. The van der Waals surface area contributed by atoms with Crippen LogP contribution in [0, 0.1) is 11.8 Å². The number of imidazole rings is 1. The van der Waals surface area contributed by atoms with Crippen molar-refractivity contribution in [2.75, 3.05) is 7.11 Å². The van der Waals surface area contributed by atoms with Gasteiger partial charge in [-0.25, -0.2) is 4.98 Å². The van der Waals surface area contributed by atoms with E-state index in [1.807, 2.05) is 30.3 Å². The van der Waals surface area contributed by atoms with Crippen molar-refractivity contribution in [3.63, 3.8) is 0 Å². The van der Waals surface area contributed by atoms with Gasteiger partial charge in [0.05, 0.1) is 28.2 Å². The molecular weight excluding hydrogens is 457 g/mol. The van der Waals surface area contributed by atoms with Crippen LogP contribution in [0.15, 0.2) is 36.4 Å². The molecule has 0 atom stereocenters. The molecule has 2 fully saturated rings. The largest absolute Gasteiger partial charge is 0.497 e. The number of benzene rings is 2. The molecule has 3 aromatic rings. The van der Waals surface area contributed by atoms with Gasteiger partial charge in [-0.15, -0.1) is 0 Å². The average molecular weight is 486 g/mol. The number of carbonyl (C=O) groups is 1. The minimum atomic E-state index is -0.852. The van der Waals surface area contributed by atoms with Crippen molar-refractivity contribution >= 4 is 40.1 Å². The number of hydrogen-bond acceptors (Lipinski definition) is 3. The van der Waals surface area contributed by atoms with E-state index in [2.05, 4.69) is 4.57 Å². The Morgan fingerprint density at radius 1 is 1.00 bits per heavy atom. The molecule has 174 valence electrons. The molecule has 1 heterocycles. The highest BCUT2D eigenvalue weighted by Gasteiger charge is 2.54. The molecule has 2 aliphatic carbocycles. The van der Waals surface area contributed by atoms with Gasteiger partial charge in [-0.2, -0.15) is 0 Å². The maximum atomic E-state index is 13.7. The van der Waals surface area contributed by atoms with E-state index in [0.29, 0.717) is 15.9 Å². The zero-order valence-corrected chi connectivity index (χ0v) is 20.3. The van der Waals surface area contributed by atoms with Gasteiger partial charge in [-0.3, -0.25) is 4.79 Å². The van der Waals surface area contributed by atoms with Gasteiger partial charge in [0.25, 0.3) is 0 Å². The summed E-state index contributed by atoms with van der Waals surface area (Å²) in [6, 6.07) is 11.3. The van der Waals surface area contributed by atoms with E-state index in [1.54, 1.807) is 13.2 Å². The Balaban J connectivity index is 1.87. The molecule has 2 aromatic carbocycles. The number of aromatic nitrogens is 2. The monoisotopic (exact) mass is 485 g/mol. The molecule has 5 nitrogen and oxygen atoms in total. The third-order valence-corrected chi connectivity index (χ3v) is 8.50. The van der Waals surface area contributed by atoms with E-state index in [-0.39, 0.29) is 17.7 Å². The number of primary amides is 1. The quantitative estimate of drug-likeness (QED) is 0.428. The summed E-state index contributed by atoms with van der Waals surface area (Å²) in [5.74, 6) is 1.51. The average Bonchev–Trinajstić information content (AvgIpc) is 3.58. The summed E-state index contributed by atoms with van der Waals surface area (Å²) in [4.78, 5) is 18.7. The molecule has 2 aliphatic rings. The lowest BCUT2D eigenvalue weighted by atomic mass is 9.70. The minimum absolute atomic E-state index is 0.170. The van der Waals surface area contributed by atoms with Crippen LogP contribution in [0.3, 0.4) is 0 Å². The van der Waals surface area contributed by atoms with E-state index in [4.69, 9.17) is 38.7 Å². The lowest BCUT2D eigenvalue weighted by Gasteiger charge is -2.44. The van der Waals surface area contributed by atoms with Crippen molar-refractivity contribution in [1.29, 1.82) is 0 Å². The molecule has 0 aliphatic heterocycles. The summed E-state index contributed by atoms with van der Waals surface area (Å²) in [7, 11) is 1.65. The van der Waals surface area contributed by atoms with Gasteiger partial charge in [-0.05, 0) is 67.9 Å². The van der Waals surface area contributed by atoms with Crippen molar-refractivity contribution in [3.8, 4) is 17.1 Å². The minimum Gasteiger partial charge on any atom is -0.497 e. The first-order chi connectivity index (χ1) is 16.0. The molecule has 0 spiro atoms. The predicted octanol–water partition coefficient (Wildman–Crippen LogP) is 6.58. The van der Waals surface area contributed by atoms with Crippen LogP contribution in [0.1, 0.15) is 51.4 Å². The Labute approximate surface area is 204 Å². The van der Waals surface area contributed by atoms with Gasteiger partial charge in [0.15, 0.2) is 0 Å². The van der Waals surface area contributed by atoms with E-state index in [9.17, 15) is 4.79 Å². The highest BCUT2D eigenvalue weighted by Crippen LogP contribution is 2.52. The zero-order valence-electron chi connectivity index (χ0n) is 18.8. The Kier molecular flexibility index (Phi) is 6.04. The smallest absolute Gasteiger partial charge is 0.244 e. The number of rotatable bonds is 6. The molecule has 1 amide bonds. The summed E-state index contributed by atoms with van der Waals surface area (Å²) in [5, 5.41) is 0.939. The maximum absolute atomic E-state index is 13.7. The van der Waals surface area contributed by atoms with E-state index in [0.717, 1.165) is 73.7 Å². The van der Waals surface area contributed by atoms with Gasteiger partial charge < -0.3 is 15.0 Å². The highest BCUT2D eigenvalue weighted by molar-refractivity contribution is 6.42. The van der Waals surface area contributed by atoms with Crippen LogP contribution < -0.4 is 10.5 Å². The van der Waals surface area contributed by atoms with Crippen LogP contribution in [0.2, 0.25) is 10.0 Å². The summed E-state index contributed by atoms with van der Waals surface area (Å²) in [6.45, 7) is 0. The second-order valence-corrected chi connectivity index (χ2v) is 10.2. The number of ether oxygens (including phenoxy) is 1. The van der Waals surface area contributed by atoms with Gasteiger partial charge in [0, 0.05) is 11.6 Å². The molecule has 2 saturated carbocycles. The molecule has 33 heavy (non-hydrogen) atoms. The molecule has 0 radical (unpaired) electrons. The highest BCUT2D eigenvalue weighted by atomic mass is 35.5. The van der Waals surface area contributed by atoms with Crippen LogP contribution in [0.5, 0.6) is 5.75 Å². The van der Waals surface area contributed by atoms with Gasteiger partial charge >= 0.3 is 0 Å². The fourth-order valence-corrected chi connectivity index (χ4v) is 6.63. The van der Waals surface area contributed by atoms with Crippen molar-refractivity contribution in [1.82, 2.24) is 9.55 Å². The molecule has 0 bridgehead atoms. The second kappa shape index (κ2) is 8.84. The van der Waals surface area contributed by atoms with Crippen molar-refractivity contribution in [2.45, 2.75) is 56.9 Å². The number of halogens is 2. The lowest BCUT2D eigenvalue weighted by Crippen LogP contribution is -2.56. The van der Waals surface area contributed by atoms with Gasteiger partial charge in [0.2, 0.25) is 5.91 Å². The van der Waals surface area contributed by atoms with Crippen molar-refractivity contribution < 1.29 is 9.53 Å². The first kappa shape index (κ1) is 22.5.